The van der Waals surface area contributed by atoms with Crippen molar-refractivity contribution in [3.63, 3.8) is 0 Å². The molecule has 162 valence electrons. The third-order valence-corrected chi connectivity index (χ3v) is 7.12. The molecule has 2 aromatic carbocycles. The van der Waals surface area contributed by atoms with E-state index >= 15 is 0 Å². The zero-order valence-corrected chi connectivity index (χ0v) is 18.4. The lowest BCUT2D eigenvalue weighted by atomic mass is 10.0. The molecule has 7 heteroatoms. The van der Waals surface area contributed by atoms with Gasteiger partial charge in [-0.2, -0.15) is 0 Å². The number of anilines is 1. The minimum absolute atomic E-state index is 0.0664. The Hall–Kier alpha value is -2.38. The van der Waals surface area contributed by atoms with Crippen molar-refractivity contribution in [1.82, 2.24) is 10.2 Å². The molecule has 0 bridgehead atoms. The number of nitrogens with one attached hydrogen (secondary N) is 1. The Labute approximate surface area is 179 Å². The van der Waals surface area contributed by atoms with Gasteiger partial charge in [-0.25, -0.2) is 8.42 Å². The van der Waals surface area contributed by atoms with Gasteiger partial charge in [-0.3, -0.25) is 9.69 Å². The van der Waals surface area contributed by atoms with E-state index in [2.05, 4.69) is 29.3 Å². The van der Waals surface area contributed by atoms with Crippen LogP contribution >= 0.6 is 0 Å². The second-order valence-corrected chi connectivity index (χ2v) is 9.86. The molecular formula is C23H31N3O3S. The lowest BCUT2D eigenvalue weighted by Crippen LogP contribution is -2.47. The van der Waals surface area contributed by atoms with Crippen molar-refractivity contribution in [2.24, 2.45) is 0 Å². The Kier molecular flexibility index (Phi) is 7.87. The average molecular weight is 430 g/mol. The molecule has 1 aliphatic rings. The maximum atomic E-state index is 13.1. The number of rotatable bonds is 9. The standard InChI is InChI=1S/C23H31N3O3S/c1-2-25(21-12-7-4-8-13-21)15-9-14-24-23(27)22(20-10-5-3-6-11-20)26-16-18-30(28,29)19-17-26/h3-8,10-13,22H,2,9,14-19H2,1H3,(H,24,27). The Morgan fingerprint density at radius 2 is 1.63 bits per heavy atom. The Morgan fingerprint density at radius 3 is 2.23 bits per heavy atom. The van der Waals surface area contributed by atoms with Crippen LogP contribution in [-0.4, -0.2) is 63.5 Å². The quantitative estimate of drug-likeness (QED) is 0.620. The number of nitrogens with zero attached hydrogens (tertiary/aromatic N) is 2. The van der Waals surface area contributed by atoms with Crippen LogP contribution in [0.5, 0.6) is 0 Å². The van der Waals surface area contributed by atoms with Gasteiger partial charge in [0.1, 0.15) is 6.04 Å². The number of hydrogen-bond acceptors (Lipinski definition) is 5. The van der Waals surface area contributed by atoms with E-state index in [0.29, 0.717) is 19.6 Å². The summed E-state index contributed by atoms with van der Waals surface area (Å²) in [5.41, 5.74) is 2.08. The van der Waals surface area contributed by atoms with Crippen LogP contribution in [0.4, 0.5) is 5.69 Å². The molecule has 0 aliphatic carbocycles. The van der Waals surface area contributed by atoms with Crippen LogP contribution in [0, 0.1) is 0 Å². The van der Waals surface area contributed by atoms with Crippen molar-refractivity contribution in [1.29, 1.82) is 0 Å². The molecule has 0 saturated carbocycles. The molecule has 1 heterocycles. The number of benzene rings is 2. The highest BCUT2D eigenvalue weighted by atomic mass is 32.2. The zero-order chi connectivity index (χ0) is 21.4. The number of amides is 1. The van der Waals surface area contributed by atoms with E-state index in [0.717, 1.165) is 25.1 Å². The van der Waals surface area contributed by atoms with Crippen LogP contribution in [0.1, 0.15) is 24.9 Å². The smallest absolute Gasteiger partial charge is 0.241 e. The third kappa shape index (κ3) is 6.06. The zero-order valence-electron chi connectivity index (χ0n) is 17.5. The fourth-order valence-electron chi connectivity index (χ4n) is 3.83. The first-order chi connectivity index (χ1) is 14.5. The summed E-state index contributed by atoms with van der Waals surface area (Å²) in [6.07, 6.45) is 0.838. The fourth-order valence-corrected chi connectivity index (χ4v) is 5.06. The van der Waals surface area contributed by atoms with Gasteiger partial charge in [0, 0.05) is 38.4 Å². The average Bonchev–Trinajstić information content (AvgIpc) is 2.76. The maximum Gasteiger partial charge on any atom is 0.241 e. The van der Waals surface area contributed by atoms with E-state index in [-0.39, 0.29) is 17.4 Å². The van der Waals surface area contributed by atoms with Gasteiger partial charge in [-0.15, -0.1) is 0 Å². The Morgan fingerprint density at radius 1 is 1.03 bits per heavy atom. The van der Waals surface area contributed by atoms with Gasteiger partial charge in [-0.05, 0) is 31.0 Å². The summed E-state index contributed by atoms with van der Waals surface area (Å²) in [5, 5.41) is 3.07. The second-order valence-electron chi connectivity index (χ2n) is 7.56. The molecule has 1 unspecified atom stereocenters. The molecule has 1 amide bonds. The second kappa shape index (κ2) is 10.6. The molecular weight excluding hydrogens is 398 g/mol. The van der Waals surface area contributed by atoms with Gasteiger partial charge in [0.15, 0.2) is 9.84 Å². The Bertz CT molecular complexity index is 890. The maximum absolute atomic E-state index is 13.1. The van der Waals surface area contributed by atoms with Crippen molar-refractivity contribution < 1.29 is 13.2 Å². The largest absolute Gasteiger partial charge is 0.372 e. The van der Waals surface area contributed by atoms with Crippen LogP contribution in [0.15, 0.2) is 60.7 Å². The SMILES string of the molecule is CCN(CCCNC(=O)C(c1ccccc1)N1CCS(=O)(=O)CC1)c1ccccc1. The van der Waals surface area contributed by atoms with E-state index in [4.69, 9.17) is 0 Å². The van der Waals surface area contributed by atoms with Crippen LogP contribution in [0.3, 0.4) is 0 Å². The van der Waals surface area contributed by atoms with Crippen LogP contribution in [0.2, 0.25) is 0 Å². The van der Waals surface area contributed by atoms with Crippen molar-refractivity contribution in [3.05, 3.63) is 66.2 Å². The van der Waals surface area contributed by atoms with E-state index < -0.39 is 15.9 Å². The lowest BCUT2D eigenvalue weighted by molar-refractivity contribution is -0.126. The molecule has 0 radical (unpaired) electrons. The van der Waals surface area contributed by atoms with Crippen LogP contribution < -0.4 is 10.2 Å². The van der Waals surface area contributed by atoms with Crippen LogP contribution in [-0.2, 0) is 14.6 Å². The summed E-state index contributed by atoms with van der Waals surface area (Å²) in [4.78, 5) is 17.3. The van der Waals surface area contributed by atoms with Gasteiger partial charge in [0.05, 0.1) is 11.5 Å². The van der Waals surface area contributed by atoms with Crippen molar-refractivity contribution in [2.75, 3.05) is 49.1 Å². The summed E-state index contributed by atoms with van der Waals surface area (Å²) in [6, 6.07) is 19.4. The first-order valence-electron chi connectivity index (χ1n) is 10.6. The summed E-state index contributed by atoms with van der Waals surface area (Å²) < 4.78 is 23.6. The van der Waals surface area contributed by atoms with Crippen molar-refractivity contribution in [3.8, 4) is 0 Å². The summed E-state index contributed by atoms with van der Waals surface area (Å²) in [5.74, 6) is 0.140. The summed E-state index contributed by atoms with van der Waals surface area (Å²) in [7, 11) is -3.00. The molecule has 0 aromatic heterocycles. The normalized spacial score (nSPS) is 17.2. The minimum Gasteiger partial charge on any atom is -0.372 e. The number of hydrogen-bond donors (Lipinski definition) is 1. The van der Waals surface area contributed by atoms with Gasteiger partial charge < -0.3 is 10.2 Å². The lowest BCUT2D eigenvalue weighted by Gasteiger charge is -2.33. The monoisotopic (exact) mass is 429 g/mol. The van der Waals surface area contributed by atoms with Crippen LogP contribution in [0.25, 0.3) is 0 Å². The highest BCUT2D eigenvalue weighted by Crippen LogP contribution is 2.23. The molecule has 1 N–H and O–H groups in total. The third-order valence-electron chi connectivity index (χ3n) is 5.51. The van der Waals surface area contributed by atoms with Crippen molar-refractivity contribution >= 4 is 21.4 Å². The number of carbonyl (C=O) groups is 1. The minimum atomic E-state index is -3.00. The first kappa shape index (κ1) is 22.3. The number of carbonyl (C=O) groups excluding carboxylic acids is 1. The molecule has 3 rings (SSSR count). The first-order valence-corrected chi connectivity index (χ1v) is 12.4. The predicted molar refractivity (Wildman–Crippen MR) is 121 cm³/mol. The molecule has 0 spiro atoms. The topological polar surface area (TPSA) is 69.7 Å². The molecule has 6 nitrogen and oxygen atoms in total. The van der Waals surface area contributed by atoms with Gasteiger partial charge >= 0.3 is 0 Å². The molecule has 2 aromatic rings. The Balaban J connectivity index is 1.58. The van der Waals surface area contributed by atoms with E-state index in [9.17, 15) is 13.2 Å². The fraction of sp³-hybridized carbons (Fsp3) is 0.435. The number of para-hydroxylation sites is 1. The molecule has 1 fully saturated rings. The van der Waals surface area contributed by atoms with Crippen molar-refractivity contribution in [2.45, 2.75) is 19.4 Å². The van der Waals surface area contributed by atoms with Gasteiger partial charge in [0.2, 0.25) is 5.91 Å². The van der Waals surface area contributed by atoms with E-state index in [1.165, 1.54) is 5.69 Å². The molecule has 1 saturated heterocycles. The van der Waals surface area contributed by atoms with E-state index in [1.54, 1.807) is 0 Å². The molecule has 30 heavy (non-hydrogen) atoms. The highest BCUT2D eigenvalue weighted by molar-refractivity contribution is 7.91. The summed E-state index contributed by atoms with van der Waals surface area (Å²) in [6.45, 7) is 5.24. The van der Waals surface area contributed by atoms with Gasteiger partial charge in [0.25, 0.3) is 0 Å². The predicted octanol–water partition coefficient (Wildman–Crippen LogP) is 2.49. The summed E-state index contributed by atoms with van der Waals surface area (Å²) >= 11 is 0. The highest BCUT2D eigenvalue weighted by Gasteiger charge is 2.32. The number of sulfone groups is 1. The molecule has 1 aliphatic heterocycles. The van der Waals surface area contributed by atoms with E-state index in [1.807, 2.05) is 53.4 Å². The van der Waals surface area contributed by atoms with Gasteiger partial charge in [-0.1, -0.05) is 48.5 Å². The molecule has 1 atom stereocenters.